The second-order valence-corrected chi connectivity index (χ2v) is 5.59. The fourth-order valence-corrected chi connectivity index (χ4v) is 2.43. The molecule has 0 spiro atoms. The van der Waals surface area contributed by atoms with E-state index in [1.54, 1.807) is 25.3 Å². The fraction of sp³-hybridized carbons (Fsp3) is 0.263. The number of carboxylic acid groups (broad SMARTS) is 1. The van der Waals surface area contributed by atoms with Crippen LogP contribution in [0.2, 0.25) is 0 Å². The molecule has 1 amide bonds. The zero-order valence-electron chi connectivity index (χ0n) is 13.8. The highest BCUT2D eigenvalue weighted by Crippen LogP contribution is 2.19. The molecule has 0 unspecified atom stereocenters. The smallest absolute Gasteiger partial charge is 0.335 e. The Hall–Kier alpha value is -2.82. The average Bonchev–Trinajstić information content (AvgIpc) is 2.57. The number of hydrogen-bond donors (Lipinski definition) is 2. The number of carboxylic acids is 1. The summed E-state index contributed by atoms with van der Waals surface area (Å²) in [4.78, 5) is 23.0. The van der Waals surface area contributed by atoms with Crippen molar-refractivity contribution in [3.8, 4) is 5.75 Å². The molecule has 0 fully saturated rings. The first-order chi connectivity index (χ1) is 11.5. The molecule has 0 saturated carbocycles. The van der Waals surface area contributed by atoms with Gasteiger partial charge in [0.2, 0.25) is 5.91 Å². The molecule has 126 valence electrons. The maximum Gasteiger partial charge on any atom is 0.335 e. The monoisotopic (exact) mass is 327 g/mol. The molecule has 2 aromatic carbocycles. The number of carbonyl (C=O) groups is 2. The zero-order valence-corrected chi connectivity index (χ0v) is 13.8. The molecule has 24 heavy (non-hydrogen) atoms. The molecule has 5 nitrogen and oxygen atoms in total. The minimum atomic E-state index is -0.950. The van der Waals surface area contributed by atoms with Gasteiger partial charge in [0.1, 0.15) is 5.75 Å². The van der Waals surface area contributed by atoms with E-state index in [0.29, 0.717) is 13.0 Å². The van der Waals surface area contributed by atoms with Crippen molar-refractivity contribution in [2.45, 2.75) is 19.8 Å². The summed E-state index contributed by atoms with van der Waals surface area (Å²) >= 11 is 0. The summed E-state index contributed by atoms with van der Waals surface area (Å²) in [7, 11) is 1.61. The average molecular weight is 327 g/mol. The van der Waals surface area contributed by atoms with E-state index in [9.17, 15) is 9.59 Å². The van der Waals surface area contributed by atoms with E-state index in [1.165, 1.54) is 0 Å². The molecule has 0 bridgehead atoms. The Morgan fingerprint density at radius 1 is 1.12 bits per heavy atom. The SMILES string of the molecule is COc1cc(CC(=O)NCCc2cccc(C(=O)O)c2)ccc1C. The van der Waals surface area contributed by atoms with Gasteiger partial charge >= 0.3 is 5.97 Å². The molecule has 0 aliphatic carbocycles. The Kier molecular flexibility index (Phi) is 5.95. The minimum Gasteiger partial charge on any atom is -0.496 e. The Morgan fingerprint density at radius 3 is 2.62 bits per heavy atom. The van der Waals surface area contributed by atoms with Crippen molar-refractivity contribution in [1.82, 2.24) is 5.32 Å². The predicted molar refractivity (Wildman–Crippen MR) is 91.6 cm³/mol. The number of rotatable bonds is 7. The molecule has 0 saturated heterocycles. The predicted octanol–water partition coefficient (Wildman–Crippen LogP) is 2.60. The van der Waals surface area contributed by atoms with Gasteiger partial charge in [0.25, 0.3) is 0 Å². The number of benzene rings is 2. The van der Waals surface area contributed by atoms with Gasteiger partial charge in [0.15, 0.2) is 0 Å². The number of hydrogen-bond acceptors (Lipinski definition) is 3. The lowest BCUT2D eigenvalue weighted by molar-refractivity contribution is -0.120. The van der Waals surface area contributed by atoms with Crippen molar-refractivity contribution in [1.29, 1.82) is 0 Å². The van der Waals surface area contributed by atoms with E-state index >= 15 is 0 Å². The summed E-state index contributed by atoms with van der Waals surface area (Å²) in [6.45, 7) is 2.42. The number of aromatic carboxylic acids is 1. The van der Waals surface area contributed by atoms with Crippen molar-refractivity contribution in [2.24, 2.45) is 0 Å². The highest BCUT2D eigenvalue weighted by molar-refractivity contribution is 5.87. The first kappa shape index (κ1) is 17.5. The molecule has 0 aliphatic rings. The van der Waals surface area contributed by atoms with Crippen molar-refractivity contribution in [2.75, 3.05) is 13.7 Å². The van der Waals surface area contributed by atoms with E-state index in [0.717, 1.165) is 22.4 Å². The maximum atomic E-state index is 12.0. The first-order valence-electron chi connectivity index (χ1n) is 7.72. The molecule has 0 radical (unpaired) electrons. The van der Waals surface area contributed by atoms with Gasteiger partial charge < -0.3 is 15.2 Å². The van der Waals surface area contributed by atoms with Crippen LogP contribution in [0.15, 0.2) is 42.5 Å². The second kappa shape index (κ2) is 8.15. The van der Waals surface area contributed by atoms with Crippen LogP contribution in [0.1, 0.15) is 27.0 Å². The zero-order chi connectivity index (χ0) is 17.5. The Morgan fingerprint density at radius 2 is 1.92 bits per heavy atom. The van der Waals surface area contributed by atoms with Gasteiger partial charge in [0, 0.05) is 6.54 Å². The third-order valence-electron chi connectivity index (χ3n) is 3.75. The highest BCUT2D eigenvalue weighted by atomic mass is 16.5. The molecular formula is C19H21NO4. The molecule has 2 N–H and O–H groups in total. The Labute approximate surface area is 141 Å². The third-order valence-corrected chi connectivity index (χ3v) is 3.75. The van der Waals surface area contributed by atoms with Gasteiger partial charge in [-0.25, -0.2) is 4.79 Å². The number of carbonyl (C=O) groups excluding carboxylic acids is 1. The molecule has 0 atom stereocenters. The molecule has 0 aliphatic heterocycles. The number of aryl methyl sites for hydroxylation is 1. The lowest BCUT2D eigenvalue weighted by Gasteiger charge is -2.09. The van der Waals surface area contributed by atoms with Gasteiger partial charge in [0.05, 0.1) is 19.1 Å². The normalized spacial score (nSPS) is 10.2. The third kappa shape index (κ3) is 4.84. The summed E-state index contributed by atoms with van der Waals surface area (Å²) in [6.07, 6.45) is 0.871. The van der Waals surface area contributed by atoms with Crippen molar-refractivity contribution >= 4 is 11.9 Å². The number of amides is 1. The molecule has 2 aromatic rings. The summed E-state index contributed by atoms with van der Waals surface area (Å²) < 4.78 is 5.26. The van der Waals surface area contributed by atoms with Crippen LogP contribution in [0.25, 0.3) is 0 Å². The van der Waals surface area contributed by atoms with Gasteiger partial charge in [-0.3, -0.25) is 4.79 Å². The summed E-state index contributed by atoms with van der Waals surface area (Å²) in [5, 5.41) is 11.8. The van der Waals surface area contributed by atoms with E-state index in [2.05, 4.69) is 5.32 Å². The standard InChI is InChI=1S/C19H21NO4/c1-13-6-7-15(11-17(13)24-2)12-18(21)20-9-8-14-4-3-5-16(10-14)19(22)23/h3-7,10-11H,8-9,12H2,1-2H3,(H,20,21)(H,22,23). The lowest BCUT2D eigenvalue weighted by atomic mass is 10.1. The number of methoxy groups -OCH3 is 1. The fourth-order valence-electron chi connectivity index (χ4n) is 2.43. The molecule has 0 heterocycles. The van der Waals surface area contributed by atoms with Crippen LogP contribution in [0, 0.1) is 6.92 Å². The summed E-state index contributed by atoms with van der Waals surface area (Å²) in [6, 6.07) is 12.4. The quantitative estimate of drug-likeness (QED) is 0.819. The van der Waals surface area contributed by atoms with Gasteiger partial charge in [-0.2, -0.15) is 0 Å². The first-order valence-corrected chi connectivity index (χ1v) is 7.72. The van der Waals surface area contributed by atoms with Gasteiger partial charge in [-0.15, -0.1) is 0 Å². The Bertz CT molecular complexity index is 740. The Balaban J connectivity index is 1.85. The minimum absolute atomic E-state index is 0.0738. The second-order valence-electron chi connectivity index (χ2n) is 5.59. The van der Waals surface area contributed by atoms with Crippen LogP contribution < -0.4 is 10.1 Å². The van der Waals surface area contributed by atoms with Crippen molar-refractivity contribution in [3.63, 3.8) is 0 Å². The topological polar surface area (TPSA) is 75.6 Å². The van der Waals surface area contributed by atoms with E-state index in [4.69, 9.17) is 9.84 Å². The van der Waals surface area contributed by atoms with Crippen LogP contribution >= 0.6 is 0 Å². The highest BCUT2D eigenvalue weighted by Gasteiger charge is 2.07. The van der Waals surface area contributed by atoms with Crippen LogP contribution in [0.5, 0.6) is 5.75 Å². The van der Waals surface area contributed by atoms with Crippen LogP contribution in [0.3, 0.4) is 0 Å². The largest absolute Gasteiger partial charge is 0.496 e. The van der Waals surface area contributed by atoms with Crippen molar-refractivity contribution in [3.05, 3.63) is 64.7 Å². The molecular weight excluding hydrogens is 306 g/mol. The van der Waals surface area contributed by atoms with E-state index < -0.39 is 5.97 Å². The summed E-state index contributed by atoms with van der Waals surface area (Å²) in [5.41, 5.74) is 3.06. The van der Waals surface area contributed by atoms with Crippen molar-refractivity contribution < 1.29 is 19.4 Å². The summed E-state index contributed by atoms with van der Waals surface area (Å²) in [5.74, 6) is -0.254. The van der Waals surface area contributed by atoms with E-state index in [1.807, 2.05) is 31.2 Å². The van der Waals surface area contributed by atoms with Crippen LogP contribution in [0.4, 0.5) is 0 Å². The number of ether oxygens (including phenoxy) is 1. The molecule has 5 heteroatoms. The van der Waals surface area contributed by atoms with E-state index in [-0.39, 0.29) is 17.9 Å². The number of nitrogens with one attached hydrogen (secondary N) is 1. The molecule has 2 rings (SSSR count). The molecule has 0 aromatic heterocycles. The lowest BCUT2D eigenvalue weighted by Crippen LogP contribution is -2.27. The van der Waals surface area contributed by atoms with Crippen LogP contribution in [-0.4, -0.2) is 30.6 Å². The van der Waals surface area contributed by atoms with Crippen LogP contribution in [-0.2, 0) is 17.6 Å². The van der Waals surface area contributed by atoms with Gasteiger partial charge in [-0.05, 0) is 48.2 Å². The van der Waals surface area contributed by atoms with Gasteiger partial charge in [-0.1, -0.05) is 24.3 Å². The maximum absolute atomic E-state index is 12.0.